The number of amides is 1. The molecule has 3 fully saturated rings. The van der Waals surface area contributed by atoms with E-state index in [1.807, 2.05) is 4.90 Å². The molecule has 2 aliphatic heterocycles. The molecule has 3 aliphatic rings. The fourth-order valence-corrected chi connectivity index (χ4v) is 4.90. The molecule has 0 aromatic carbocycles. The molecule has 5 rings (SSSR count). The number of carbonyl (C=O) groups excluding carboxylic acids is 1. The lowest BCUT2D eigenvalue weighted by molar-refractivity contribution is -0.124. The molecular weight excluding hydrogens is 412 g/mol. The van der Waals surface area contributed by atoms with Crippen molar-refractivity contribution in [1.29, 1.82) is 0 Å². The van der Waals surface area contributed by atoms with E-state index in [4.69, 9.17) is 18.7 Å². The maximum atomic E-state index is 13.1. The molecule has 2 aromatic rings. The van der Waals surface area contributed by atoms with E-state index < -0.39 is 0 Å². The first-order valence-corrected chi connectivity index (χ1v) is 11.4. The highest BCUT2D eigenvalue weighted by Gasteiger charge is 2.42. The first-order valence-electron chi connectivity index (χ1n) is 11.4. The summed E-state index contributed by atoms with van der Waals surface area (Å²) in [6.45, 7) is 2.03. The van der Waals surface area contributed by atoms with Gasteiger partial charge in [-0.15, -0.1) is 0 Å². The van der Waals surface area contributed by atoms with Crippen LogP contribution in [0.4, 0.5) is 0 Å². The van der Waals surface area contributed by atoms with E-state index in [-0.39, 0.29) is 17.4 Å². The summed E-state index contributed by atoms with van der Waals surface area (Å²) in [6.07, 6.45) is 6.75. The van der Waals surface area contributed by atoms with Crippen molar-refractivity contribution in [2.75, 3.05) is 33.9 Å². The molecule has 0 radical (unpaired) electrons. The molecule has 2 aromatic heterocycles. The van der Waals surface area contributed by atoms with E-state index >= 15 is 0 Å². The van der Waals surface area contributed by atoms with Crippen LogP contribution in [0.3, 0.4) is 0 Å². The number of hydrogen-bond acceptors (Lipinski definition) is 8. The fourth-order valence-electron chi connectivity index (χ4n) is 4.90. The number of methoxy groups -OCH3 is 2. The minimum atomic E-state index is -0.179. The second kappa shape index (κ2) is 8.69. The van der Waals surface area contributed by atoms with Gasteiger partial charge in [-0.05, 0) is 50.5 Å². The highest BCUT2D eigenvalue weighted by atomic mass is 16.5. The molecule has 0 bridgehead atoms. The van der Waals surface area contributed by atoms with Crippen LogP contribution in [-0.4, -0.2) is 65.4 Å². The lowest BCUT2D eigenvalue weighted by atomic mass is 9.78. The van der Waals surface area contributed by atoms with Gasteiger partial charge in [-0.2, -0.15) is 9.97 Å². The minimum absolute atomic E-state index is 0.0716. The summed E-state index contributed by atoms with van der Waals surface area (Å²) >= 11 is 0. The second-order valence-electron chi connectivity index (χ2n) is 9.12. The lowest BCUT2D eigenvalue weighted by Gasteiger charge is -2.46. The Kier molecular flexibility index (Phi) is 5.75. The number of piperidine rings is 1. The first-order chi connectivity index (χ1) is 15.6. The van der Waals surface area contributed by atoms with Gasteiger partial charge in [0.25, 0.3) is 5.91 Å². The zero-order valence-corrected chi connectivity index (χ0v) is 18.7. The minimum Gasteiger partial charge on any atom is -0.481 e. The van der Waals surface area contributed by atoms with E-state index in [1.54, 1.807) is 12.1 Å². The molecule has 32 heavy (non-hydrogen) atoms. The maximum Gasteiger partial charge on any atom is 0.259 e. The van der Waals surface area contributed by atoms with Crippen LogP contribution in [0.5, 0.6) is 11.8 Å². The Labute approximate surface area is 187 Å². The van der Waals surface area contributed by atoms with Crippen molar-refractivity contribution in [3.05, 3.63) is 29.4 Å². The molecule has 2 saturated heterocycles. The van der Waals surface area contributed by atoms with Crippen molar-refractivity contribution >= 4 is 5.91 Å². The van der Waals surface area contributed by atoms with Crippen LogP contribution >= 0.6 is 0 Å². The lowest BCUT2D eigenvalue weighted by Crippen LogP contribution is -2.51. The molecule has 1 amide bonds. The van der Waals surface area contributed by atoms with E-state index in [1.165, 1.54) is 27.1 Å². The standard InChI is InChI=1S/C23H30N4O5/c1-29-18-6-5-17(21(25-18)30-2)22(28)27-10-8-23(9-11-27)14-15(7-12-31-23)13-19-24-20(26-32-19)16-3-4-16/h5-6,15-16H,3-4,7-14H2,1-2H3. The average molecular weight is 443 g/mol. The molecule has 4 heterocycles. The zero-order chi connectivity index (χ0) is 22.1. The SMILES string of the molecule is COc1ccc(C(=O)N2CCC3(CC2)CC(Cc2nc(C4CC4)no2)CCO3)c(OC)n1. The van der Waals surface area contributed by atoms with Gasteiger partial charge in [0, 0.05) is 38.1 Å². The van der Waals surface area contributed by atoms with Gasteiger partial charge < -0.3 is 23.6 Å². The Morgan fingerprint density at radius 1 is 1.16 bits per heavy atom. The molecular formula is C23H30N4O5. The number of carbonyl (C=O) groups is 1. The predicted molar refractivity (Wildman–Crippen MR) is 114 cm³/mol. The molecule has 1 unspecified atom stereocenters. The third-order valence-corrected chi connectivity index (χ3v) is 6.91. The number of nitrogens with zero attached hydrogens (tertiary/aromatic N) is 4. The Hall–Kier alpha value is -2.68. The van der Waals surface area contributed by atoms with Crippen LogP contribution < -0.4 is 9.47 Å². The predicted octanol–water partition coefficient (Wildman–Crippen LogP) is 3.00. The molecule has 1 atom stereocenters. The number of pyridine rings is 1. The molecule has 0 N–H and O–H groups in total. The second-order valence-corrected chi connectivity index (χ2v) is 9.12. The summed E-state index contributed by atoms with van der Waals surface area (Å²) in [5.74, 6) is 3.23. The van der Waals surface area contributed by atoms with Crippen LogP contribution in [0.15, 0.2) is 16.7 Å². The summed E-state index contributed by atoms with van der Waals surface area (Å²) in [6, 6.07) is 3.40. The van der Waals surface area contributed by atoms with E-state index in [9.17, 15) is 4.79 Å². The van der Waals surface area contributed by atoms with Gasteiger partial charge in [-0.3, -0.25) is 4.79 Å². The van der Waals surface area contributed by atoms with Gasteiger partial charge in [0.1, 0.15) is 5.56 Å². The molecule has 9 nitrogen and oxygen atoms in total. The summed E-state index contributed by atoms with van der Waals surface area (Å²) in [5, 5.41) is 4.15. The van der Waals surface area contributed by atoms with Gasteiger partial charge in [0.2, 0.25) is 17.7 Å². The normalized spacial score (nSPS) is 22.7. The summed E-state index contributed by atoms with van der Waals surface area (Å²) < 4.78 is 22.2. The van der Waals surface area contributed by atoms with E-state index in [2.05, 4.69) is 15.1 Å². The maximum absolute atomic E-state index is 13.1. The van der Waals surface area contributed by atoms with Crippen LogP contribution in [-0.2, 0) is 11.2 Å². The number of hydrogen-bond donors (Lipinski definition) is 0. The van der Waals surface area contributed by atoms with Crippen LogP contribution in [0.2, 0.25) is 0 Å². The third kappa shape index (κ3) is 4.30. The summed E-state index contributed by atoms with van der Waals surface area (Å²) in [4.78, 5) is 23.8. The number of likely N-dealkylation sites (tertiary alicyclic amines) is 1. The van der Waals surface area contributed by atoms with Gasteiger partial charge in [0.05, 0.1) is 19.8 Å². The third-order valence-electron chi connectivity index (χ3n) is 6.91. The number of ether oxygens (including phenoxy) is 3. The van der Waals surface area contributed by atoms with E-state index in [0.29, 0.717) is 36.4 Å². The highest BCUT2D eigenvalue weighted by molar-refractivity contribution is 5.96. The Morgan fingerprint density at radius 3 is 2.69 bits per heavy atom. The Balaban J connectivity index is 1.20. The monoisotopic (exact) mass is 442 g/mol. The van der Waals surface area contributed by atoms with Crippen molar-refractivity contribution in [1.82, 2.24) is 20.0 Å². The quantitative estimate of drug-likeness (QED) is 0.673. The average Bonchev–Trinajstić information content (AvgIpc) is 3.58. The molecule has 1 aliphatic carbocycles. The Bertz CT molecular complexity index is 965. The van der Waals surface area contributed by atoms with E-state index in [0.717, 1.165) is 50.4 Å². The van der Waals surface area contributed by atoms with Gasteiger partial charge in [0.15, 0.2) is 5.82 Å². The van der Waals surface area contributed by atoms with Crippen molar-refractivity contribution in [2.24, 2.45) is 5.92 Å². The van der Waals surface area contributed by atoms with Crippen LogP contribution in [0.25, 0.3) is 0 Å². The fraction of sp³-hybridized carbons (Fsp3) is 0.652. The summed E-state index contributed by atoms with van der Waals surface area (Å²) in [7, 11) is 3.05. The summed E-state index contributed by atoms with van der Waals surface area (Å²) in [5.41, 5.74) is 0.274. The van der Waals surface area contributed by atoms with Crippen molar-refractivity contribution in [2.45, 2.75) is 56.5 Å². The van der Waals surface area contributed by atoms with Crippen molar-refractivity contribution < 1.29 is 23.5 Å². The molecule has 1 saturated carbocycles. The highest BCUT2D eigenvalue weighted by Crippen LogP contribution is 2.40. The van der Waals surface area contributed by atoms with Crippen molar-refractivity contribution in [3.63, 3.8) is 0 Å². The molecule has 1 spiro atoms. The largest absolute Gasteiger partial charge is 0.481 e. The van der Waals surface area contributed by atoms with Crippen LogP contribution in [0.1, 0.15) is 66.5 Å². The van der Waals surface area contributed by atoms with Gasteiger partial charge in [-0.25, -0.2) is 0 Å². The first kappa shape index (κ1) is 21.2. The van der Waals surface area contributed by atoms with Crippen molar-refractivity contribution in [3.8, 4) is 11.8 Å². The van der Waals surface area contributed by atoms with Gasteiger partial charge >= 0.3 is 0 Å². The molecule has 9 heteroatoms. The zero-order valence-electron chi connectivity index (χ0n) is 18.7. The topological polar surface area (TPSA) is 99.8 Å². The number of rotatable bonds is 6. The van der Waals surface area contributed by atoms with Gasteiger partial charge in [-0.1, -0.05) is 5.16 Å². The van der Waals surface area contributed by atoms with Crippen LogP contribution in [0, 0.1) is 5.92 Å². The molecule has 172 valence electrons. The smallest absolute Gasteiger partial charge is 0.259 e. The Morgan fingerprint density at radius 2 is 1.97 bits per heavy atom. The number of aromatic nitrogens is 3.